The minimum atomic E-state index is -1.67. The smallest absolute Gasteiger partial charge is 0.351 e. The molecule has 2 heterocycles. The number of carbonyl (C=O) groups excluding carboxylic acids is 1. The topological polar surface area (TPSA) is 137 Å². The first-order valence-corrected chi connectivity index (χ1v) is 20.5. The molecule has 3 aromatic carbocycles. The van der Waals surface area contributed by atoms with Crippen LogP contribution in [0.25, 0.3) is 0 Å². The average molecular weight is 882 g/mol. The van der Waals surface area contributed by atoms with Crippen molar-refractivity contribution in [2.45, 2.75) is 90.5 Å². The molecule has 1 amide bonds. The highest BCUT2D eigenvalue weighted by Crippen LogP contribution is 2.50. The van der Waals surface area contributed by atoms with Crippen molar-refractivity contribution in [1.29, 1.82) is 5.26 Å². The zero-order chi connectivity index (χ0) is 39.7. The summed E-state index contributed by atoms with van der Waals surface area (Å²) in [6.45, 7) is 12.0. The van der Waals surface area contributed by atoms with Crippen molar-refractivity contribution in [2.75, 3.05) is 25.6 Å². The molecule has 0 aliphatic carbocycles. The van der Waals surface area contributed by atoms with E-state index in [4.69, 9.17) is 23.3 Å². The van der Waals surface area contributed by atoms with Gasteiger partial charge in [-0.3, -0.25) is 9.36 Å². The fraction of sp³-hybridized carbons (Fsp3) is 0.415. The number of hydrogen-bond donors (Lipinski definition) is 1. The number of aryl methyl sites for hydroxylation is 1. The van der Waals surface area contributed by atoms with Crippen molar-refractivity contribution in [3.8, 4) is 11.8 Å². The van der Waals surface area contributed by atoms with E-state index in [1.54, 1.807) is 13.3 Å². The number of benzene rings is 3. The summed E-state index contributed by atoms with van der Waals surface area (Å²) in [7, 11) is -0.0315. The molecule has 1 aliphatic heterocycles. The van der Waals surface area contributed by atoms with E-state index >= 15 is 0 Å². The molecule has 0 saturated carbocycles. The second-order valence-electron chi connectivity index (χ2n) is 13.8. The predicted molar refractivity (Wildman–Crippen MR) is 221 cm³/mol. The molecule has 0 bridgehead atoms. The van der Waals surface area contributed by atoms with Crippen LogP contribution in [0.3, 0.4) is 0 Å². The number of halogens is 1. The highest BCUT2D eigenvalue weighted by atomic mass is 127. The first kappa shape index (κ1) is 42.4. The van der Waals surface area contributed by atoms with E-state index in [9.17, 15) is 14.9 Å². The standard InChI is InChI=1S/C41H49IN5O7P/c1-27(2)47(28(3)4)55(52-23-11-22-43)54-36-24-38(46-25-35(42)39(44-30(6)48)45-40(46)49)53-37(36)26-51-41(31-12-9-8-10-13-31,32-16-14-29(5)15-17-32)33-18-20-34(50-7)21-19-33/h8-10,12-21,25,27-28,36-38H,11,23-24,26H2,1-7H3,(H,44,45,48,49). The summed E-state index contributed by atoms with van der Waals surface area (Å²) >= 11 is 2.04. The highest BCUT2D eigenvalue weighted by molar-refractivity contribution is 14.1. The van der Waals surface area contributed by atoms with Gasteiger partial charge in [0.15, 0.2) is 5.82 Å². The van der Waals surface area contributed by atoms with Crippen LogP contribution < -0.4 is 15.7 Å². The Kier molecular flexibility index (Phi) is 15.0. The van der Waals surface area contributed by atoms with Crippen LogP contribution >= 0.6 is 31.1 Å². The van der Waals surface area contributed by atoms with E-state index in [2.05, 4.69) is 73.0 Å². The number of anilines is 1. The van der Waals surface area contributed by atoms with Crippen LogP contribution in [0.1, 0.15) is 75.9 Å². The Hall–Kier alpha value is -3.74. The summed E-state index contributed by atoms with van der Waals surface area (Å²) in [5, 5.41) is 11.9. The molecule has 1 fully saturated rings. The third-order valence-electron chi connectivity index (χ3n) is 9.18. The number of aromatic nitrogens is 2. The normalized spacial score (nSPS) is 18.6. The van der Waals surface area contributed by atoms with E-state index in [0.717, 1.165) is 22.3 Å². The monoisotopic (exact) mass is 881 g/mol. The Morgan fingerprint density at radius 2 is 1.67 bits per heavy atom. The number of nitriles is 1. The lowest BCUT2D eigenvalue weighted by Gasteiger charge is -2.39. The van der Waals surface area contributed by atoms with Gasteiger partial charge >= 0.3 is 5.69 Å². The number of methoxy groups -OCH3 is 1. The van der Waals surface area contributed by atoms with Crippen molar-refractivity contribution in [3.05, 3.63) is 121 Å². The fourth-order valence-corrected chi connectivity index (χ4v) is 9.01. The second kappa shape index (κ2) is 19.4. The highest BCUT2D eigenvalue weighted by Gasteiger charge is 2.45. The first-order valence-electron chi connectivity index (χ1n) is 18.3. The second-order valence-corrected chi connectivity index (χ2v) is 16.4. The van der Waals surface area contributed by atoms with Crippen LogP contribution in [-0.2, 0) is 28.9 Å². The van der Waals surface area contributed by atoms with Crippen molar-refractivity contribution in [1.82, 2.24) is 14.2 Å². The molecular weight excluding hydrogens is 832 g/mol. The molecule has 4 aromatic rings. The van der Waals surface area contributed by atoms with Crippen LogP contribution in [0.5, 0.6) is 5.75 Å². The van der Waals surface area contributed by atoms with Gasteiger partial charge in [0.1, 0.15) is 23.7 Å². The van der Waals surface area contributed by atoms with Crippen molar-refractivity contribution in [3.63, 3.8) is 0 Å². The van der Waals surface area contributed by atoms with Crippen molar-refractivity contribution in [2.24, 2.45) is 0 Å². The molecule has 12 nitrogen and oxygen atoms in total. The number of rotatable bonds is 17. The molecule has 1 saturated heterocycles. The zero-order valence-electron chi connectivity index (χ0n) is 32.3. The quantitative estimate of drug-likeness (QED) is 0.0480. The van der Waals surface area contributed by atoms with Gasteiger partial charge in [0, 0.05) is 31.6 Å². The number of hydrogen-bond acceptors (Lipinski definition) is 10. The lowest BCUT2D eigenvalue weighted by molar-refractivity contribution is -0.114. The molecule has 1 N–H and O–H groups in total. The van der Waals surface area contributed by atoms with Crippen molar-refractivity contribution < 1.29 is 28.1 Å². The Morgan fingerprint density at radius 3 is 2.25 bits per heavy atom. The fourth-order valence-electron chi connectivity index (χ4n) is 6.69. The Labute approximate surface area is 338 Å². The van der Waals surface area contributed by atoms with Crippen LogP contribution in [-0.4, -0.2) is 64.7 Å². The van der Waals surface area contributed by atoms with Gasteiger partial charge in [-0.05, 0) is 86.0 Å². The Bertz CT molecular complexity index is 1970. The third kappa shape index (κ3) is 10.2. The summed E-state index contributed by atoms with van der Waals surface area (Å²) in [6.07, 6.45) is 0.0711. The largest absolute Gasteiger partial charge is 0.497 e. The van der Waals surface area contributed by atoms with E-state index in [1.807, 2.05) is 84.1 Å². The molecule has 292 valence electrons. The van der Waals surface area contributed by atoms with Gasteiger partial charge in [0.25, 0.3) is 8.53 Å². The van der Waals surface area contributed by atoms with Gasteiger partial charge in [-0.15, -0.1) is 0 Å². The van der Waals surface area contributed by atoms with Gasteiger partial charge in [0.2, 0.25) is 5.91 Å². The van der Waals surface area contributed by atoms with Crippen LogP contribution in [0.4, 0.5) is 5.82 Å². The van der Waals surface area contributed by atoms with E-state index in [0.29, 0.717) is 9.32 Å². The summed E-state index contributed by atoms with van der Waals surface area (Å²) in [6, 6.07) is 28.5. The number of nitrogens with zero attached hydrogens (tertiary/aromatic N) is 4. The molecule has 55 heavy (non-hydrogen) atoms. The Balaban J connectivity index is 1.60. The minimum Gasteiger partial charge on any atom is -0.497 e. The van der Waals surface area contributed by atoms with Gasteiger partial charge in [-0.2, -0.15) is 10.2 Å². The number of carbonyl (C=O) groups is 1. The lowest BCUT2D eigenvalue weighted by Crippen LogP contribution is -2.39. The first-order chi connectivity index (χ1) is 26.4. The maximum absolute atomic E-state index is 13.5. The van der Waals surface area contributed by atoms with Gasteiger partial charge in [-0.25, -0.2) is 9.46 Å². The van der Waals surface area contributed by atoms with Crippen LogP contribution in [0, 0.1) is 21.8 Å². The molecule has 0 radical (unpaired) electrons. The van der Waals surface area contributed by atoms with Gasteiger partial charge in [0.05, 0.1) is 42.5 Å². The van der Waals surface area contributed by atoms with Crippen LogP contribution in [0.15, 0.2) is 89.9 Å². The summed E-state index contributed by atoms with van der Waals surface area (Å²) in [5.74, 6) is 0.569. The minimum absolute atomic E-state index is 0.0595. The van der Waals surface area contributed by atoms with E-state index in [1.165, 1.54) is 11.5 Å². The molecule has 14 heteroatoms. The van der Waals surface area contributed by atoms with Crippen molar-refractivity contribution >= 4 is 42.8 Å². The van der Waals surface area contributed by atoms with E-state index in [-0.39, 0.29) is 49.9 Å². The van der Waals surface area contributed by atoms with E-state index < -0.39 is 38.3 Å². The SMILES string of the molecule is COc1ccc(C(OCC2OC(n3cc(I)c(NC(C)=O)nc3=O)CC2OP(OCCC#N)N(C(C)C)C(C)C)(c2ccccc2)c2ccc(C)cc2)cc1. The Morgan fingerprint density at radius 1 is 1.05 bits per heavy atom. The molecule has 5 rings (SSSR count). The number of ether oxygens (including phenoxy) is 3. The molecule has 5 unspecified atom stereocenters. The molecule has 0 spiro atoms. The van der Waals surface area contributed by atoms with Gasteiger partial charge < -0.3 is 28.6 Å². The van der Waals surface area contributed by atoms with Crippen LogP contribution in [0.2, 0.25) is 0 Å². The summed E-state index contributed by atoms with van der Waals surface area (Å²) in [4.78, 5) is 29.5. The number of nitrogens with one attached hydrogen (secondary N) is 1. The molecular formula is C41H49IN5O7P. The predicted octanol–water partition coefficient (Wildman–Crippen LogP) is 8.08. The zero-order valence-corrected chi connectivity index (χ0v) is 35.3. The third-order valence-corrected chi connectivity index (χ3v) is 12.1. The summed E-state index contributed by atoms with van der Waals surface area (Å²) < 4.78 is 36.9. The maximum atomic E-state index is 13.5. The molecule has 5 atom stereocenters. The summed E-state index contributed by atoms with van der Waals surface area (Å²) in [5.41, 5.74) is 2.15. The van der Waals surface area contributed by atoms with Gasteiger partial charge in [-0.1, -0.05) is 72.3 Å². The maximum Gasteiger partial charge on any atom is 0.351 e. The molecule has 1 aliphatic rings. The average Bonchev–Trinajstić information content (AvgIpc) is 3.56. The number of amides is 1. The lowest BCUT2D eigenvalue weighted by atomic mass is 9.79. The molecule has 1 aromatic heterocycles.